The molecule has 2 aliphatic rings. The quantitative estimate of drug-likeness (QED) is 0.0414. The van der Waals surface area contributed by atoms with E-state index >= 15 is 0 Å². The number of rotatable bonds is 29. The van der Waals surface area contributed by atoms with Crippen LogP contribution in [0.4, 0.5) is 0 Å². The van der Waals surface area contributed by atoms with Crippen molar-refractivity contribution in [3.63, 3.8) is 0 Å². The SMILES string of the molecule is O=C(O)CN1CCN(CC(=O)O)CCN(CC(=O)NCC(CCOCc2ccccc2)(CCOCc2ccccc2)NC(=O)CN2CCN(CC(=O)O)CCN(CC(=O)O)CCN(CC(=O)O)CC2)CCN(CC(=O)O)CC1. The van der Waals surface area contributed by atoms with Crippen molar-refractivity contribution in [3.8, 4) is 0 Å². The summed E-state index contributed by atoms with van der Waals surface area (Å²) in [5.41, 5.74) is 0.626. The van der Waals surface area contributed by atoms with Crippen molar-refractivity contribution in [3.05, 3.63) is 71.8 Å². The summed E-state index contributed by atoms with van der Waals surface area (Å²) in [5.74, 6) is -7.40. The molecule has 4 rings (SSSR count). The average molecular weight is 1100 g/mol. The summed E-state index contributed by atoms with van der Waals surface area (Å²) in [6.45, 7) is 1.44. The monoisotopic (exact) mass is 1100 g/mol. The van der Waals surface area contributed by atoms with Crippen LogP contribution >= 0.6 is 0 Å². The molecule has 0 spiro atoms. The van der Waals surface area contributed by atoms with Gasteiger partial charge in [0, 0.05) is 124 Å². The van der Waals surface area contributed by atoms with Crippen molar-refractivity contribution >= 4 is 47.6 Å². The van der Waals surface area contributed by atoms with Gasteiger partial charge in [0.1, 0.15) is 0 Å². The van der Waals surface area contributed by atoms with E-state index in [2.05, 4.69) is 10.6 Å². The predicted octanol–water partition coefficient (Wildman–Crippen LogP) is -1.88. The Kier molecular flexibility index (Phi) is 29.1. The van der Waals surface area contributed by atoms with Crippen LogP contribution < -0.4 is 10.6 Å². The summed E-state index contributed by atoms with van der Waals surface area (Å²) in [7, 11) is 0. The van der Waals surface area contributed by atoms with E-state index in [-0.39, 0.29) is 203 Å². The van der Waals surface area contributed by atoms with Crippen LogP contribution in [0.1, 0.15) is 24.0 Å². The number of ether oxygens (including phenoxy) is 2. The average Bonchev–Trinajstić information content (AvgIpc) is 3.37. The maximum Gasteiger partial charge on any atom is 0.317 e. The summed E-state index contributed by atoms with van der Waals surface area (Å²) in [4.78, 5) is 114. The Morgan fingerprint density at radius 1 is 0.372 bits per heavy atom. The Bertz CT molecular complexity index is 2070. The van der Waals surface area contributed by atoms with E-state index in [0.717, 1.165) is 11.1 Å². The highest BCUT2D eigenvalue weighted by atomic mass is 16.5. The number of nitrogens with one attached hydrogen (secondary N) is 2. The van der Waals surface area contributed by atoms with Gasteiger partial charge in [-0.2, -0.15) is 0 Å². The zero-order valence-corrected chi connectivity index (χ0v) is 44.5. The second-order valence-corrected chi connectivity index (χ2v) is 19.8. The van der Waals surface area contributed by atoms with Gasteiger partial charge in [-0.1, -0.05) is 60.7 Å². The standard InChI is InChI=1S/C52H80N10O16/c63-44(31-55-13-17-57(33-46(65)66)21-25-61(37-50(73)74)26-22-58(18-14-55)34-47(67)68)53-41-52(11-29-77-39-42-7-3-1-4-8-42,12-30-78-40-43-9-5-2-6-10-43)54-45(64)32-56-15-19-59(35-48(69)70)23-27-62(38-51(75)76)28-24-60(20-16-56)36-49(71)72/h1-10H,11-41H2,(H,53,63)(H,54,64)(H,65,66)(H,67,68)(H,69,70)(H,71,72)(H,73,74)(H,75,76). The Balaban J connectivity index is 1.62. The first kappa shape index (κ1) is 64.3. The third-order valence-electron chi connectivity index (χ3n) is 13.4. The molecule has 78 heavy (non-hydrogen) atoms. The minimum absolute atomic E-state index is 0.101. The van der Waals surface area contributed by atoms with Crippen molar-refractivity contribution in [2.24, 2.45) is 0 Å². The van der Waals surface area contributed by atoms with E-state index in [1.807, 2.05) is 60.7 Å². The number of carbonyl (C=O) groups excluding carboxylic acids is 2. The van der Waals surface area contributed by atoms with Crippen LogP contribution in [0.2, 0.25) is 0 Å². The van der Waals surface area contributed by atoms with Gasteiger partial charge in [0.2, 0.25) is 11.8 Å². The molecule has 0 unspecified atom stereocenters. The number of carboxylic acid groups (broad SMARTS) is 6. The third kappa shape index (κ3) is 27.9. The fraction of sp³-hybridized carbons (Fsp3) is 0.615. The summed E-state index contributed by atoms with van der Waals surface area (Å²) < 4.78 is 12.4. The first-order valence-electron chi connectivity index (χ1n) is 26.2. The molecule has 0 aromatic heterocycles. The molecule has 2 aromatic carbocycles. The molecule has 0 bridgehead atoms. The van der Waals surface area contributed by atoms with Gasteiger partial charge < -0.3 is 50.7 Å². The molecule has 8 N–H and O–H groups in total. The van der Waals surface area contributed by atoms with E-state index in [1.165, 1.54) is 0 Å². The van der Waals surface area contributed by atoms with Gasteiger partial charge in [-0.3, -0.25) is 77.6 Å². The van der Waals surface area contributed by atoms with Gasteiger partial charge in [-0.05, 0) is 24.0 Å². The highest BCUT2D eigenvalue weighted by Crippen LogP contribution is 2.18. The summed E-state index contributed by atoms with van der Waals surface area (Å²) in [5, 5.41) is 64.4. The fourth-order valence-electron chi connectivity index (χ4n) is 9.17. The summed E-state index contributed by atoms with van der Waals surface area (Å²) in [6, 6.07) is 19.0. The molecular formula is C52H80N10O16. The topological polar surface area (TPSA) is 326 Å². The molecule has 26 nitrogen and oxygen atoms in total. The Morgan fingerprint density at radius 2 is 0.615 bits per heavy atom. The lowest BCUT2D eigenvalue weighted by Crippen LogP contribution is -2.59. The zero-order valence-electron chi connectivity index (χ0n) is 44.5. The van der Waals surface area contributed by atoms with Crippen molar-refractivity contribution < 1.29 is 78.5 Å². The van der Waals surface area contributed by atoms with Crippen LogP contribution in [0.3, 0.4) is 0 Å². The lowest BCUT2D eigenvalue weighted by molar-refractivity contribution is -0.140. The number of carboxylic acids is 6. The van der Waals surface area contributed by atoms with Crippen molar-refractivity contribution in [2.45, 2.75) is 31.6 Å². The second kappa shape index (κ2) is 35.3. The van der Waals surface area contributed by atoms with Crippen molar-refractivity contribution in [1.29, 1.82) is 0 Å². The van der Waals surface area contributed by atoms with Gasteiger partial charge in [-0.25, -0.2) is 0 Å². The molecule has 434 valence electrons. The van der Waals surface area contributed by atoms with Crippen LogP contribution in [0.15, 0.2) is 60.7 Å². The second-order valence-electron chi connectivity index (χ2n) is 19.8. The molecule has 2 fully saturated rings. The number of hydrogen-bond acceptors (Lipinski definition) is 18. The minimum atomic E-state index is -1.20. The summed E-state index contributed by atoms with van der Waals surface area (Å²) >= 11 is 0. The van der Waals surface area contributed by atoms with Crippen LogP contribution in [0.5, 0.6) is 0 Å². The molecule has 0 aliphatic carbocycles. The van der Waals surface area contributed by atoms with Crippen LogP contribution in [-0.2, 0) is 61.0 Å². The lowest BCUT2D eigenvalue weighted by Gasteiger charge is -2.37. The molecule has 26 heteroatoms. The van der Waals surface area contributed by atoms with E-state index in [1.54, 1.807) is 39.2 Å². The maximum atomic E-state index is 14.6. The highest BCUT2D eigenvalue weighted by molar-refractivity contribution is 5.80. The first-order chi connectivity index (χ1) is 37.3. The minimum Gasteiger partial charge on any atom is -0.480 e. The molecule has 2 amide bonds. The third-order valence-corrected chi connectivity index (χ3v) is 13.4. The number of hydrogen-bond donors (Lipinski definition) is 8. The lowest BCUT2D eigenvalue weighted by atomic mass is 9.91. The van der Waals surface area contributed by atoms with Gasteiger partial charge in [0.15, 0.2) is 0 Å². The number of aliphatic carboxylic acids is 6. The molecular weight excluding hydrogens is 1020 g/mol. The van der Waals surface area contributed by atoms with Crippen LogP contribution in [0.25, 0.3) is 0 Å². The zero-order chi connectivity index (χ0) is 56.7. The Hall–Kier alpha value is -6.20. The number of benzene rings is 2. The summed E-state index contributed by atoms with van der Waals surface area (Å²) in [6.07, 6.45) is 0.395. The van der Waals surface area contributed by atoms with E-state index in [9.17, 15) is 69.0 Å². The van der Waals surface area contributed by atoms with Gasteiger partial charge in [-0.15, -0.1) is 0 Å². The molecule has 2 saturated heterocycles. The molecule has 2 aromatic rings. The maximum absolute atomic E-state index is 14.6. The number of carbonyl (C=O) groups is 8. The smallest absolute Gasteiger partial charge is 0.317 e. The van der Waals surface area contributed by atoms with Gasteiger partial charge in [0.05, 0.1) is 71.1 Å². The molecule has 2 heterocycles. The largest absolute Gasteiger partial charge is 0.480 e. The molecule has 2 aliphatic heterocycles. The molecule has 0 radical (unpaired) electrons. The highest BCUT2D eigenvalue weighted by Gasteiger charge is 2.34. The van der Waals surface area contributed by atoms with E-state index in [0.29, 0.717) is 0 Å². The Labute approximate surface area is 455 Å². The molecule has 0 saturated carbocycles. The van der Waals surface area contributed by atoms with Crippen molar-refractivity contribution in [1.82, 2.24) is 49.8 Å². The predicted molar refractivity (Wildman–Crippen MR) is 283 cm³/mol. The van der Waals surface area contributed by atoms with Crippen molar-refractivity contribution in [2.75, 3.05) is 177 Å². The number of amides is 2. The molecule has 0 atom stereocenters. The van der Waals surface area contributed by atoms with Gasteiger partial charge in [0.25, 0.3) is 0 Å². The van der Waals surface area contributed by atoms with E-state index < -0.39 is 53.2 Å². The van der Waals surface area contributed by atoms with Crippen LogP contribution in [-0.4, -0.2) is 300 Å². The van der Waals surface area contributed by atoms with Gasteiger partial charge >= 0.3 is 35.8 Å². The van der Waals surface area contributed by atoms with Crippen LogP contribution in [0, 0.1) is 0 Å². The number of nitrogens with zero attached hydrogens (tertiary/aromatic N) is 8. The Morgan fingerprint density at radius 3 is 0.872 bits per heavy atom. The normalized spacial score (nSPS) is 17.6. The first-order valence-corrected chi connectivity index (χ1v) is 26.2. The fourth-order valence-corrected chi connectivity index (χ4v) is 9.17. The van der Waals surface area contributed by atoms with E-state index in [4.69, 9.17) is 9.47 Å².